The summed E-state index contributed by atoms with van der Waals surface area (Å²) in [5.41, 5.74) is 5.48. The van der Waals surface area contributed by atoms with Crippen LogP contribution in [0.25, 0.3) is 11.1 Å². The molecule has 0 saturated heterocycles. The molecule has 1 aliphatic carbocycles. The second kappa shape index (κ2) is 8.64. The molecule has 0 radical (unpaired) electrons. The van der Waals surface area contributed by atoms with Gasteiger partial charge in [-0.3, -0.25) is 9.59 Å². The zero-order valence-electron chi connectivity index (χ0n) is 19.8. The average Bonchev–Trinajstić information content (AvgIpc) is 3.51. The van der Waals surface area contributed by atoms with E-state index in [9.17, 15) is 9.59 Å². The maximum Gasteiger partial charge on any atom is 0.251 e. The number of rotatable bonds is 7. The van der Waals surface area contributed by atoms with Crippen molar-refractivity contribution in [1.29, 1.82) is 0 Å². The van der Waals surface area contributed by atoms with E-state index in [0.717, 1.165) is 52.2 Å². The lowest BCUT2D eigenvalue weighted by molar-refractivity contribution is -0.120. The monoisotopic (exact) mass is 457 g/mol. The van der Waals surface area contributed by atoms with Crippen LogP contribution in [0, 0.1) is 6.92 Å². The Morgan fingerprint density at radius 3 is 2.41 bits per heavy atom. The molecule has 176 valence electrons. The van der Waals surface area contributed by atoms with Gasteiger partial charge in [0.1, 0.15) is 5.78 Å². The predicted molar refractivity (Wildman–Crippen MR) is 134 cm³/mol. The van der Waals surface area contributed by atoms with Gasteiger partial charge in [0.25, 0.3) is 5.91 Å². The average molecular weight is 458 g/mol. The lowest BCUT2D eigenvalue weighted by Gasteiger charge is -2.16. The fraction of sp³-hybridized carbons (Fsp3) is 0.310. The Bertz CT molecular complexity index is 1260. The molecule has 5 rings (SSSR count). The smallest absolute Gasteiger partial charge is 0.251 e. The van der Waals surface area contributed by atoms with E-state index in [2.05, 4.69) is 24.4 Å². The molecule has 1 saturated carbocycles. The van der Waals surface area contributed by atoms with E-state index in [0.29, 0.717) is 12.0 Å². The third kappa shape index (κ3) is 4.18. The quantitative estimate of drug-likeness (QED) is 0.500. The molecule has 1 amide bonds. The normalized spacial score (nSPS) is 15.3. The molecule has 0 aromatic heterocycles. The van der Waals surface area contributed by atoms with Crippen LogP contribution in [0.5, 0.6) is 11.5 Å². The molecule has 5 nitrogen and oxygen atoms in total. The van der Waals surface area contributed by atoms with Crippen molar-refractivity contribution < 1.29 is 20.5 Å². The van der Waals surface area contributed by atoms with Gasteiger partial charge in [-0.25, -0.2) is 0 Å². The van der Waals surface area contributed by atoms with Crippen molar-refractivity contribution in [3.63, 3.8) is 0 Å². The minimum absolute atomic E-state index is 0. The number of Topliss-reactive ketones (excluding diaryl/α,β-unsaturated/α-hetero) is 1. The van der Waals surface area contributed by atoms with Crippen molar-refractivity contribution in [3.05, 3.63) is 82.9 Å². The second-order valence-corrected chi connectivity index (χ2v) is 9.60. The Kier molecular flexibility index (Phi) is 5.64. The summed E-state index contributed by atoms with van der Waals surface area (Å²) < 4.78 is 10.9. The summed E-state index contributed by atoms with van der Waals surface area (Å²) in [5.74, 6) is 1.63. The Labute approximate surface area is 201 Å². The van der Waals surface area contributed by atoms with E-state index in [1.807, 2.05) is 62.4 Å². The zero-order valence-corrected chi connectivity index (χ0v) is 19.8. The van der Waals surface area contributed by atoms with E-state index in [4.69, 9.17) is 9.47 Å². The zero-order chi connectivity index (χ0) is 23.9. The summed E-state index contributed by atoms with van der Waals surface area (Å²) in [6.45, 7) is 6.19. The van der Waals surface area contributed by atoms with E-state index >= 15 is 0 Å². The molecule has 3 aromatic rings. The van der Waals surface area contributed by atoms with Crippen LogP contribution >= 0.6 is 0 Å². The fourth-order valence-corrected chi connectivity index (χ4v) is 4.64. The molecule has 1 N–H and O–H groups in total. The minimum atomic E-state index is -0.419. The third-order valence-electron chi connectivity index (χ3n) is 6.75. The van der Waals surface area contributed by atoms with E-state index < -0.39 is 5.41 Å². The highest BCUT2D eigenvalue weighted by Crippen LogP contribution is 2.51. The highest BCUT2D eigenvalue weighted by molar-refractivity contribution is 5.96. The Morgan fingerprint density at radius 2 is 1.71 bits per heavy atom. The van der Waals surface area contributed by atoms with Crippen LogP contribution in [0.2, 0.25) is 0 Å². The standard InChI is InChI=1S/C29H29NO4.H2/c1-18(2)30-28(32)22-8-6-21(7-9-22)24-14-20(5-4-19(24)3)15-27(31)29(12-13-29)23-10-11-25-26(16-23)34-17-33-25;/h4-11,14,16,18H,12-13,15,17H2,1-3H3,(H,30,32);1H. The summed E-state index contributed by atoms with van der Waals surface area (Å²) in [5, 5.41) is 2.92. The first-order valence-electron chi connectivity index (χ1n) is 11.8. The largest absolute Gasteiger partial charge is 0.454 e. The number of carbonyl (C=O) groups excluding carboxylic acids is 2. The number of carbonyl (C=O) groups is 2. The van der Waals surface area contributed by atoms with E-state index in [1.165, 1.54) is 0 Å². The lowest BCUT2D eigenvalue weighted by Crippen LogP contribution is -2.29. The predicted octanol–water partition coefficient (Wildman–Crippen LogP) is 5.62. The number of hydrogen-bond acceptors (Lipinski definition) is 4. The maximum absolute atomic E-state index is 13.4. The first-order valence-corrected chi connectivity index (χ1v) is 11.8. The molecule has 1 aliphatic heterocycles. The summed E-state index contributed by atoms with van der Waals surface area (Å²) in [4.78, 5) is 25.7. The molecule has 0 atom stereocenters. The summed E-state index contributed by atoms with van der Waals surface area (Å²) in [7, 11) is 0. The van der Waals surface area contributed by atoms with Crippen LogP contribution in [0.1, 0.15) is 55.2 Å². The van der Waals surface area contributed by atoms with Crippen molar-refractivity contribution in [2.24, 2.45) is 0 Å². The molecule has 1 heterocycles. The summed E-state index contributed by atoms with van der Waals surface area (Å²) in [6.07, 6.45) is 2.12. The molecule has 5 heteroatoms. The molecule has 0 spiro atoms. The second-order valence-electron chi connectivity index (χ2n) is 9.60. The molecule has 3 aromatic carbocycles. The molecule has 0 bridgehead atoms. The van der Waals surface area contributed by atoms with Crippen molar-refractivity contribution in [1.82, 2.24) is 5.32 Å². The molecule has 0 unspecified atom stereocenters. The van der Waals surface area contributed by atoms with Gasteiger partial charge in [-0.2, -0.15) is 0 Å². The number of benzene rings is 3. The van der Waals surface area contributed by atoms with Crippen LogP contribution in [0.4, 0.5) is 0 Å². The number of ketones is 1. The Morgan fingerprint density at radius 1 is 0.971 bits per heavy atom. The first-order chi connectivity index (χ1) is 16.4. The van der Waals surface area contributed by atoms with Crippen LogP contribution in [-0.2, 0) is 16.6 Å². The molecular formula is C29H31NO4. The van der Waals surface area contributed by atoms with Crippen molar-refractivity contribution in [2.45, 2.75) is 51.5 Å². The number of hydrogen-bond donors (Lipinski definition) is 1. The Hall–Kier alpha value is -3.60. The van der Waals surface area contributed by atoms with Gasteiger partial charge in [0.05, 0.1) is 5.41 Å². The van der Waals surface area contributed by atoms with Crippen LogP contribution < -0.4 is 14.8 Å². The van der Waals surface area contributed by atoms with Crippen molar-refractivity contribution >= 4 is 11.7 Å². The SMILES string of the molecule is Cc1ccc(CC(=O)C2(c3ccc4c(c3)OCO4)CC2)cc1-c1ccc(C(=O)NC(C)C)cc1.[HH]. The van der Waals surface area contributed by atoms with Gasteiger partial charge in [-0.15, -0.1) is 0 Å². The van der Waals surface area contributed by atoms with Gasteiger partial charge in [0.2, 0.25) is 6.79 Å². The summed E-state index contributed by atoms with van der Waals surface area (Å²) in [6, 6.07) is 19.8. The van der Waals surface area contributed by atoms with Crippen LogP contribution in [0.15, 0.2) is 60.7 Å². The number of fused-ring (bicyclic) bond motifs is 1. The van der Waals surface area contributed by atoms with Gasteiger partial charge in [0, 0.05) is 19.5 Å². The number of ether oxygens (including phenoxy) is 2. The molecule has 1 fully saturated rings. The topological polar surface area (TPSA) is 64.6 Å². The maximum atomic E-state index is 13.4. The molecule has 34 heavy (non-hydrogen) atoms. The highest BCUT2D eigenvalue weighted by Gasteiger charge is 2.50. The van der Waals surface area contributed by atoms with E-state index in [1.54, 1.807) is 0 Å². The Balaban J connectivity index is 0.00000289. The molecular weight excluding hydrogens is 426 g/mol. The minimum Gasteiger partial charge on any atom is -0.454 e. The van der Waals surface area contributed by atoms with Crippen LogP contribution in [0.3, 0.4) is 0 Å². The van der Waals surface area contributed by atoms with Crippen molar-refractivity contribution in [3.8, 4) is 22.6 Å². The molecule has 2 aliphatic rings. The number of amides is 1. The summed E-state index contributed by atoms with van der Waals surface area (Å²) >= 11 is 0. The first kappa shape index (κ1) is 22.2. The van der Waals surface area contributed by atoms with Gasteiger partial charge >= 0.3 is 0 Å². The van der Waals surface area contributed by atoms with Crippen LogP contribution in [-0.4, -0.2) is 24.5 Å². The number of nitrogens with one attached hydrogen (secondary N) is 1. The van der Waals surface area contributed by atoms with Gasteiger partial charge in [-0.05, 0) is 85.7 Å². The van der Waals surface area contributed by atoms with E-state index in [-0.39, 0.29) is 26.0 Å². The third-order valence-corrected chi connectivity index (χ3v) is 6.75. The van der Waals surface area contributed by atoms with Gasteiger partial charge < -0.3 is 14.8 Å². The van der Waals surface area contributed by atoms with Gasteiger partial charge in [0.15, 0.2) is 11.5 Å². The van der Waals surface area contributed by atoms with Crippen molar-refractivity contribution in [2.75, 3.05) is 6.79 Å². The highest BCUT2D eigenvalue weighted by atomic mass is 16.7. The fourth-order valence-electron chi connectivity index (χ4n) is 4.64. The number of aryl methyl sites for hydroxylation is 1. The van der Waals surface area contributed by atoms with Gasteiger partial charge in [-0.1, -0.05) is 36.4 Å². The lowest BCUT2D eigenvalue weighted by atomic mass is 9.87.